The van der Waals surface area contributed by atoms with E-state index in [2.05, 4.69) is 4.98 Å². The minimum absolute atomic E-state index is 0.113. The summed E-state index contributed by atoms with van der Waals surface area (Å²) in [6.07, 6.45) is 2.19. The first kappa shape index (κ1) is 10.6. The smallest absolute Gasteiger partial charge is 0.337 e. The molecule has 0 radical (unpaired) electrons. The molecule has 0 bridgehead atoms. The topological polar surface area (TPSA) is 68.7 Å². The number of pyridine rings is 1. The molecule has 0 saturated carbocycles. The van der Waals surface area contributed by atoms with Gasteiger partial charge in [-0.25, -0.2) is 4.79 Å². The lowest BCUT2D eigenvalue weighted by atomic mass is 10.2. The molecule has 0 aliphatic heterocycles. The number of methoxy groups -OCH3 is 2. The molecule has 0 unspecified atom stereocenters. The zero-order valence-electron chi connectivity index (χ0n) is 7.93. The summed E-state index contributed by atoms with van der Waals surface area (Å²) in [7, 11) is 2.95. The van der Waals surface area contributed by atoms with E-state index >= 15 is 0 Å². The van der Waals surface area contributed by atoms with E-state index in [0.717, 1.165) is 0 Å². The molecule has 0 aliphatic carbocycles. The molecule has 1 rings (SSSR count). The Hall–Kier alpha value is -1.46. The van der Waals surface area contributed by atoms with Gasteiger partial charge in [-0.05, 0) is 6.07 Å². The lowest BCUT2D eigenvalue weighted by Gasteiger charge is -2.13. The molecule has 1 heterocycles. The number of carboxylic acid groups (broad SMARTS) is 1. The van der Waals surface area contributed by atoms with Crippen molar-refractivity contribution in [3.8, 4) is 0 Å². The molecular formula is C9H11NO4. The maximum atomic E-state index is 10.6. The van der Waals surface area contributed by atoms with Crippen molar-refractivity contribution in [3.63, 3.8) is 0 Å². The molecule has 0 saturated heterocycles. The third-order valence-electron chi connectivity index (χ3n) is 1.71. The average molecular weight is 197 g/mol. The molecule has 1 aromatic heterocycles. The van der Waals surface area contributed by atoms with Crippen LogP contribution in [0.5, 0.6) is 0 Å². The van der Waals surface area contributed by atoms with Crippen molar-refractivity contribution in [1.82, 2.24) is 4.98 Å². The molecule has 0 spiro atoms. The summed E-state index contributed by atoms with van der Waals surface area (Å²) in [5.41, 5.74) is 0.691. The number of aromatic carboxylic acids is 1. The Balaban J connectivity index is 2.98. The summed E-state index contributed by atoms with van der Waals surface area (Å²) in [5, 5.41) is 8.71. The first-order chi connectivity index (χ1) is 6.69. The van der Waals surface area contributed by atoms with Crippen LogP contribution < -0.4 is 0 Å². The van der Waals surface area contributed by atoms with Gasteiger partial charge in [0, 0.05) is 32.2 Å². The van der Waals surface area contributed by atoms with Gasteiger partial charge in [0.15, 0.2) is 6.29 Å². The Morgan fingerprint density at radius 2 is 2.07 bits per heavy atom. The van der Waals surface area contributed by atoms with Gasteiger partial charge in [-0.3, -0.25) is 4.98 Å². The zero-order valence-corrected chi connectivity index (χ0v) is 7.93. The number of hydrogen-bond acceptors (Lipinski definition) is 4. The van der Waals surface area contributed by atoms with Crippen molar-refractivity contribution in [2.45, 2.75) is 6.29 Å². The van der Waals surface area contributed by atoms with Gasteiger partial charge in [0.05, 0.1) is 5.56 Å². The van der Waals surface area contributed by atoms with Crippen LogP contribution in [0.2, 0.25) is 0 Å². The maximum Gasteiger partial charge on any atom is 0.337 e. The van der Waals surface area contributed by atoms with E-state index in [1.54, 1.807) is 0 Å². The largest absolute Gasteiger partial charge is 0.478 e. The molecule has 76 valence electrons. The normalized spacial score (nSPS) is 10.5. The molecule has 0 aliphatic rings. The van der Waals surface area contributed by atoms with E-state index in [1.807, 2.05) is 0 Å². The van der Waals surface area contributed by atoms with Crippen molar-refractivity contribution in [2.75, 3.05) is 14.2 Å². The third-order valence-corrected chi connectivity index (χ3v) is 1.71. The molecule has 5 heteroatoms. The number of hydrogen-bond donors (Lipinski definition) is 1. The quantitative estimate of drug-likeness (QED) is 0.731. The highest BCUT2D eigenvalue weighted by molar-refractivity contribution is 5.87. The molecule has 1 aromatic rings. The fourth-order valence-electron chi connectivity index (χ4n) is 1.07. The summed E-state index contributed by atoms with van der Waals surface area (Å²) in [6.45, 7) is 0. The Kier molecular flexibility index (Phi) is 3.55. The highest BCUT2D eigenvalue weighted by atomic mass is 16.7. The van der Waals surface area contributed by atoms with Crippen LogP contribution in [0.15, 0.2) is 18.5 Å². The summed E-state index contributed by atoms with van der Waals surface area (Å²) in [5.74, 6) is -1.02. The third kappa shape index (κ3) is 2.27. The minimum Gasteiger partial charge on any atom is -0.478 e. The number of aromatic nitrogens is 1. The second-order valence-corrected chi connectivity index (χ2v) is 2.62. The van der Waals surface area contributed by atoms with Gasteiger partial charge in [-0.2, -0.15) is 0 Å². The summed E-state index contributed by atoms with van der Waals surface area (Å²) in [4.78, 5) is 14.4. The van der Waals surface area contributed by atoms with Crippen molar-refractivity contribution in [3.05, 3.63) is 29.6 Å². The van der Waals surface area contributed by atoms with Gasteiger partial charge < -0.3 is 14.6 Å². The second-order valence-electron chi connectivity index (χ2n) is 2.62. The van der Waals surface area contributed by atoms with Crippen LogP contribution >= 0.6 is 0 Å². The van der Waals surface area contributed by atoms with Crippen molar-refractivity contribution in [1.29, 1.82) is 0 Å². The van der Waals surface area contributed by atoms with Crippen molar-refractivity contribution in [2.24, 2.45) is 0 Å². The number of ether oxygens (including phenoxy) is 2. The summed E-state index contributed by atoms with van der Waals surface area (Å²) in [6, 6.07) is 1.47. The van der Waals surface area contributed by atoms with Gasteiger partial charge in [0.2, 0.25) is 0 Å². The Bertz CT molecular complexity index is 322. The first-order valence-electron chi connectivity index (χ1n) is 3.93. The van der Waals surface area contributed by atoms with E-state index in [1.165, 1.54) is 32.7 Å². The molecule has 1 N–H and O–H groups in total. The van der Waals surface area contributed by atoms with Crippen LogP contribution in [0.4, 0.5) is 0 Å². The monoisotopic (exact) mass is 197 g/mol. The standard InChI is InChI=1S/C9H11NO4/c1-13-9(14-2)7-3-6(8(11)12)4-10-5-7/h3-5,9H,1-2H3,(H,11,12). The minimum atomic E-state index is -1.02. The fourth-order valence-corrected chi connectivity index (χ4v) is 1.07. The van der Waals surface area contributed by atoms with Crippen LogP contribution in [0.1, 0.15) is 22.2 Å². The number of nitrogens with zero attached hydrogens (tertiary/aromatic N) is 1. The molecule has 0 fully saturated rings. The van der Waals surface area contributed by atoms with Gasteiger partial charge in [-0.15, -0.1) is 0 Å². The lowest BCUT2D eigenvalue weighted by Crippen LogP contribution is -2.06. The molecule has 14 heavy (non-hydrogen) atoms. The van der Waals surface area contributed by atoms with E-state index in [4.69, 9.17) is 14.6 Å². The zero-order chi connectivity index (χ0) is 10.6. The molecule has 5 nitrogen and oxygen atoms in total. The summed E-state index contributed by atoms with van der Waals surface area (Å²) < 4.78 is 9.93. The second kappa shape index (κ2) is 4.69. The predicted octanol–water partition coefficient (Wildman–Crippen LogP) is 1.07. The summed E-state index contributed by atoms with van der Waals surface area (Å²) >= 11 is 0. The highest BCUT2D eigenvalue weighted by Crippen LogP contribution is 2.16. The number of carboxylic acids is 1. The van der Waals surface area contributed by atoms with Crippen LogP contribution in [-0.2, 0) is 9.47 Å². The number of carbonyl (C=O) groups is 1. The molecular weight excluding hydrogens is 186 g/mol. The molecule has 0 atom stereocenters. The fraction of sp³-hybridized carbons (Fsp3) is 0.333. The highest BCUT2D eigenvalue weighted by Gasteiger charge is 2.11. The van der Waals surface area contributed by atoms with Crippen LogP contribution in [0, 0.1) is 0 Å². The van der Waals surface area contributed by atoms with Gasteiger partial charge in [0.1, 0.15) is 0 Å². The van der Waals surface area contributed by atoms with Crippen molar-refractivity contribution < 1.29 is 19.4 Å². The lowest BCUT2D eigenvalue weighted by molar-refractivity contribution is -0.106. The van der Waals surface area contributed by atoms with Gasteiger partial charge >= 0.3 is 5.97 Å². The SMILES string of the molecule is COC(OC)c1cncc(C(=O)O)c1. The Morgan fingerprint density at radius 1 is 1.43 bits per heavy atom. The van der Waals surface area contributed by atoms with Gasteiger partial charge in [-0.1, -0.05) is 0 Å². The Morgan fingerprint density at radius 3 is 2.57 bits per heavy atom. The Labute approximate surface area is 81.3 Å². The van der Waals surface area contributed by atoms with Crippen LogP contribution in [-0.4, -0.2) is 30.3 Å². The van der Waals surface area contributed by atoms with E-state index in [-0.39, 0.29) is 5.56 Å². The van der Waals surface area contributed by atoms with E-state index in [9.17, 15) is 4.79 Å². The van der Waals surface area contributed by atoms with E-state index in [0.29, 0.717) is 5.56 Å². The van der Waals surface area contributed by atoms with Gasteiger partial charge in [0.25, 0.3) is 0 Å². The first-order valence-corrected chi connectivity index (χ1v) is 3.93. The van der Waals surface area contributed by atoms with Crippen LogP contribution in [0.25, 0.3) is 0 Å². The predicted molar refractivity (Wildman–Crippen MR) is 48.0 cm³/mol. The molecule has 0 aromatic carbocycles. The maximum absolute atomic E-state index is 10.6. The average Bonchev–Trinajstić information content (AvgIpc) is 2.20. The number of rotatable bonds is 4. The van der Waals surface area contributed by atoms with Crippen LogP contribution in [0.3, 0.4) is 0 Å². The van der Waals surface area contributed by atoms with Crippen molar-refractivity contribution >= 4 is 5.97 Å². The molecule has 0 amide bonds. The van der Waals surface area contributed by atoms with E-state index < -0.39 is 12.3 Å².